The molecule has 1 aliphatic heterocycles. The number of hydrogen-bond donors (Lipinski definition) is 0. The van der Waals surface area contributed by atoms with Gasteiger partial charge in [0.15, 0.2) is 0 Å². The first-order chi connectivity index (χ1) is 5.30. The zero-order chi connectivity index (χ0) is 9.57. The Morgan fingerprint density at radius 1 is 0.833 bits per heavy atom. The molecule has 0 aliphatic carbocycles. The number of hydrogen-bond acceptors (Lipinski definition) is 2. The van der Waals surface area contributed by atoms with Gasteiger partial charge in [0, 0.05) is 8.07 Å². The number of nitrogens with zero attached hydrogens (tertiary/aromatic N) is 2. The lowest BCUT2D eigenvalue weighted by Gasteiger charge is -2.56. The first-order valence-electron chi connectivity index (χ1n) is 4.65. The molecule has 0 aromatic carbocycles. The molecule has 0 radical (unpaired) electrons. The van der Waals surface area contributed by atoms with Crippen molar-refractivity contribution < 1.29 is 0 Å². The Hall–Kier alpha value is 0.354. The zero-order valence-electron chi connectivity index (χ0n) is 9.31. The van der Waals surface area contributed by atoms with Gasteiger partial charge >= 0.3 is 0 Å². The molecule has 0 spiro atoms. The van der Waals surface area contributed by atoms with E-state index in [0.717, 1.165) is 0 Å². The van der Waals surface area contributed by atoms with Gasteiger partial charge in [0.2, 0.25) is 8.40 Å². The van der Waals surface area contributed by atoms with Gasteiger partial charge in [0.25, 0.3) is 0 Å². The van der Waals surface area contributed by atoms with Gasteiger partial charge in [-0.05, 0) is 39.5 Å². The Morgan fingerprint density at radius 3 is 1.25 bits per heavy atom. The van der Waals surface area contributed by atoms with Crippen molar-refractivity contribution >= 4 is 16.5 Å². The second kappa shape index (κ2) is 2.94. The van der Waals surface area contributed by atoms with Crippen LogP contribution < -0.4 is 0 Å². The van der Waals surface area contributed by atoms with Gasteiger partial charge in [0.1, 0.15) is 0 Å². The van der Waals surface area contributed by atoms with E-state index >= 15 is 0 Å². The molecule has 0 atom stereocenters. The molecule has 0 N–H and O–H groups in total. The van der Waals surface area contributed by atoms with Crippen LogP contribution in [0.3, 0.4) is 0 Å². The fourth-order valence-electron chi connectivity index (χ4n) is 2.51. The minimum atomic E-state index is -1.10. The van der Waals surface area contributed by atoms with Gasteiger partial charge in [-0.3, -0.25) is 0 Å². The van der Waals surface area contributed by atoms with Crippen LogP contribution in [0.2, 0.25) is 24.4 Å². The normalized spacial score (nSPS) is 26.0. The lowest BCUT2D eigenvalue weighted by atomic mass is 11.2. The Balaban J connectivity index is 2.69. The van der Waals surface area contributed by atoms with Crippen molar-refractivity contribution in [1.29, 1.82) is 0 Å². The minimum Gasteiger partial charge on any atom is -0.317 e. The summed E-state index contributed by atoms with van der Waals surface area (Å²) in [6, 6.07) is 0. The molecule has 1 fully saturated rings. The van der Waals surface area contributed by atoms with Crippen molar-refractivity contribution in [3.8, 4) is 0 Å². The number of rotatable bonds is 2. The maximum Gasteiger partial charge on any atom is 0.200 e. The average Bonchev–Trinajstić information content (AvgIpc) is 1.80. The van der Waals surface area contributed by atoms with E-state index in [-0.39, 0.29) is 0 Å². The van der Waals surface area contributed by atoms with Gasteiger partial charge in [-0.15, -0.1) is 0 Å². The van der Waals surface area contributed by atoms with E-state index in [0.29, 0.717) is 0 Å². The van der Waals surface area contributed by atoms with Gasteiger partial charge in [-0.2, -0.15) is 0 Å². The van der Waals surface area contributed by atoms with Crippen LogP contribution in [0.5, 0.6) is 0 Å². The van der Waals surface area contributed by atoms with Crippen molar-refractivity contribution in [2.24, 2.45) is 0 Å². The molecule has 4 heteroatoms. The van der Waals surface area contributed by atoms with E-state index < -0.39 is 16.5 Å². The van der Waals surface area contributed by atoms with Crippen molar-refractivity contribution in [2.45, 2.75) is 24.4 Å². The second-order valence-electron chi connectivity index (χ2n) is 5.29. The molecule has 0 saturated carbocycles. The average molecular weight is 202 g/mol. The van der Waals surface area contributed by atoms with Gasteiger partial charge in [-0.25, -0.2) is 0 Å². The molecule has 0 aromatic rings. The van der Waals surface area contributed by atoms with Crippen molar-refractivity contribution in [1.82, 2.24) is 9.13 Å². The summed E-state index contributed by atoms with van der Waals surface area (Å²) in [5.41, 5.74) is 3.11. The van der Waals surface area contributed by atoms with Gasteiger partial charge < -0.3 is 9.13 Å². The van der Waals surface area contributed by atoms with Crippen LogP contribution in [-0.4, -0.2) is 53.8 Å². The fraction of sp³-hybridized carbons (Fsp3) is 1.00. The van der Waals surface area contributed by atoms with Crippen LogP contribution in [0.15, 0.2) is 0 Å². The highest BCUT2D eigenvalue weighted by molar-refractivity contribution is 7.10. The highest BCUT2D eigenvalue weighted by Crippen LogP contribution is 2.41. The van der Waals surface area contributed by atoms with Crippen LogP contribution in [0.25, 0.3) is 0 Å². The summed E-state index contributed by atoms with van der Waals surface area (Å²) in [5, 5.41) is 0. The maximum absolute atomic E-state index is 2.52. The fourth-order valence-corrected chi connectivity index (χ4v) is 20.2. The van der Waals surface area contributed by atoms with Crippen molar-refractivity contribution in [2.75, 3.05) is 28.2 Å². The van der Waals surface area contributed by atoms with Crippen LogP contribution in [-0.2, 0) is 0 Å². The summed E-state index contributed by atoms with van der Waals surface area (Å²) >= 11 is 0. The predicted octanol–water partition coefficient (Wildman–Crippen LogP) is 1.35. The Bertz CT molecular complexity index is 160. The summed E-state index contributed by atoms with van der Waals surface area (Å²) in [5.74, 6) is 0. The van der Waals surface area contributed by atoms with Crippen molar-refractivity contribution in [3.63, 3.8) is 0 Å². The first-order valence-corrected chi connectivity index (χ1v) is 10.4. The van der Waals surface area contributed by atoms with E-state index in [1.807, 2.05) is 0 Å². The Labute approximate surface area is 78.7 Å². The zero-order valence-corrected chi connectivity index (χ0v) is 11.3. The van der Waals surface area contributed by atoms with Crippen LogP contribution in [0.4, 0.5) is 0 Å². The molecule has 1 heterocycles. The SMILES string of the molecule is CN(C)[Si]1(N(C)C)C[Si](C)(C)C1. The van der Waals surface area contributed by atoms with Crippen LogP contribution in [0.1, 0.15) is 0 Å². The monoisotopic (exact) mass is 202 g/mol. The summed E-state index contributed by atoms with van der Waals surface area (Å²) < 4.78 is 5.04. The summed E-state index contributed by atoms with van der Waals surface area (Å²) in [4.78, 5) is 0. The molecule has 0 bridgehead atoms. The van der Waals surface area contributed by atoms with Gasteiger partial charge in [-0.1, -0.05) is 13.1 Å². The molecule has 0 aromatic heterocycles. The topological polar surface area (TPSA) is 6.48 Å². The minimum absolute atomic E-state index is 0.733. The molecule has 2 nitrogen and oxygen atoms in total. The highest BCUT2D eigenvalue weighted by atomic mass is 28.5. The van der Waals surface area contributed by atoms with E-state index in [1.165, 1.54) is 0 Å². The molecule has 1 aliphatic rings. The third-order valence-corrected chi connectivity index (χ3v) is 18.7. The smallest absolute Gasteiger partial charge is 0.200 e. The molecule has 0 amide bonds. The molecule has 0 unspecified atom stereocenters. The van der Waals surface area contributed by atoms with Gasteiger partial charge in [0.05, 0.1) is 0 Å². The van der Waals surface area contributed by atoms with Crippen molar-refractivity contribution in [3.05, 3.63) is 0 Å². The maximum atomic E-state index is 2.52. The van der Waals surface area contributed by atoms with E-state index in [9.17, 15) is 0 Å². The second-order valence-corrected chi connectivity index (χ2v) is 16.2. The standard InChI is InChI=1S/C8H22N2Si2/c1-9(2)12(10(3)4)7-11(5,6)8-12/h7-8H2,1-6H3. The molecule has 12 heavy (non-hydrogen) atoms. The predicted molar refractivity (Wildman–Crippen MR) is 60.2 cm³/mol. The van der Waals surface area contributed by atoms with E-state index in [4.69, 9.17) is 0 Å². The Kier molecular flexibility index (Phi) is 2.55. The molecule has 72 valence electrons. The summed E-state index contributed by atoms with van der Waals surface area (Å²) in [6.07, 6.45) is 0. The third-order valence-electron chi connectivity index (χ3n) is 3.19. The highest BCUT2D eigenvalue weighted by Gasteiger charge is 2.56. The quantitative estimate of drug-likeness (QED) is 0.624. The lowest BCUT2D eigenvalue weighted by molar-refractivity contribution is 0.478. The molecule has 1 saturated heterocycles. The lowest BCUT2D eigenvalue weighted by Crippen LogP contribution is -2.74. The third kappa shape index (κ3) is 1.53. The van der Waals surface area contributed by atoms with E-state index in [1.54, 1.807) is 11.3 Å². The molecular formula is C8H22N2Si2. The first kappa shape index (κ1) is 10.4. The molecular weight excluding hydrogens is 180 g/mol. The summed E-state index contributed by atoms with van der Waals surface area (Å²) in [6.45, 7) is 5.04. The molecule has 1 rings (SSSR count). The van der Waals surface area contributed by atoms with Crippen LogP contribution >= 0.6 is 0 Å². The van der Waals surface area contributed by atoms with Crippen LogP contribution in [0, 0.1) is 0 Å². The van der Waals surface area contributed by atoms with E-state index in [2.05, 4.69) is 50.4 Å². The summed E-state index contributed by atoms with van der Waals surface area (Å²) in [7, 11) is 7.20. The Morgan fingerprint density at radius 2 is 1.17 bits per heavy atom. The largest absolute Gasteiger partial charge is 0.317 e.